The van der Waals surface area contributed by atoms with Crippen molar-refractivity contribution in [3.8, 4) is 0 Å². The van der Waals surface area contributed by atoms with Crippen molar-refractivity contribution in [1.29, 1.82) is 0 Å². The first-order valence-corrected chi connectivity index (χ1v) is 9.57. The van der Waals surface area contributed by atoms with Gasteiger partial charge in [0, 0.05) is 24.3 Å². The second kappa shape index (κ2) is 7.28. The van der Waals surface area contributed by atoms with Gasteiger partial charge in [0.15, 0.2) is 0 Å². The number of rotatable bonds is 5. The van der Waals surface area contributed by atoms with E-state index in [0.29, 0.717) is 24.3 Å². The molecule has 25 heavy (non-hydrogen) atoms. The van der Waals surface area contributed by atoms with Gasteiger partial charge in [-0.3, -0.25) is 4.79 Å². The fourth-order valence-electron chi connectivity index (χ4n) is 2.74. The van der Waals surface area contributed by atoms with Gasteiger partial charge in [-0.2, -0.15) is 4.31 Å². The fourth-order valence-corrected chi connectivity index (χ4v) is 4.25. The van der Waals surface area contributed by atoms with E-state index >= 15 is 0 Å². The largest absolute Gasteiger partial charge is 0.346 e. The summed E-state index contributed by atoms with van der Waals surface area (Å²) < 4.78 is 26.4. The summed E-state index contributed by atoms with van der Waals surface area (Å²) in [5.41, 5.74) is 1.95. The number of sulfonamides is 1. The third-order valence-corrected chi connectivity index (χ3v) is 6.02. The molecule has 0 spiro atoms. The van der Waals surface area contributed by atoms with Gasteiger partial charge in [-0.15, -0.1) is 0 Å². The molecule has 1 amide bonds. The zero-order chi connectivity index (χ0) is 17.9. The average molecular weight is 360 g/mol. The van der Waals surface area contributed by atoms with E-state index in [1.54, 1.807) is 6.07 Å². The van der Waals surface area contributed by atoms with Gasteiger partial charge in [-0.05, 0) is 50.1 Å². The third kappa shape index (κ3) is 4.02. The Morgan fingerprint density at radius 1 is 1.16 bits per heavy atom. The van der Waals surface area contributed by atoms with Crippen LogP contribution >= 0.6 is 0 Å². The third-order valence-electron chi connectivity index (χ3n) is 4.11. The predicted molar refractivity (Wildman–Crippen MR) is 92.4 cm³/mol. The Morgan fingerprint density at radius 3 is 2.48 bits per heavy atom. The highest BCUT2D eigenvalue weighted by molar-refractivity contribution is 7.89. The number of aromatic nitrogens is 2. The van der Waals surface area contributed by atoms with E-state index in [0.717, 1.165) is 18.5 Å². The summed E-state index contributed by atoms with van der Waals surface area (Å²) in [7, 11) is -3.46. The van der Waals surface area contributed by atoms with E-state index in [1.165, 1.54) is 34.9 Å². The zero-order valence-corrected chi connectivity index (χ0v) is 14.8. The number of carbonyl (C=O) groups excluding carboxylic acids is 1. The molecule has 0 aliphatic carbocycles. The van der Waals surface area contributed by atoms with Crippen LogP contribution in [0.4, 0.5) is 0 Å². The van der Waals surface area contributed by atoms with Crippen molar-refractivity contribution in [2.24, 2.45) is 0 Å². The van der Waals surface area contributed by atoms with Crippen LogP contribution < -0.4 is 5.32 Å². The average Bonchev–Trinajstić information content (AvgIpc) is 3.15. The van der Waals surface area contributed by atoms with Gasteiger partial charge < -0.3 is 5.32 Å². The highest BCUT2D eigenvalue weighted by Crippen LogP contribution is 2.21. The van der Waals surface area contributed by atoms with Gasteiger partial charge >= 0.3 is 0 Å². The van der Waals surface area contributed by atoms with Crippen molar-refractivity contribution < 1.29 is 13.2 Å². The second-order valence-corrected chi connectivity index (χ2v) is 7.91. The van der Waals surface area contributed by atoms with Gasteiger partial charge in [0.25, 0.3) is 5.91 Å². The van der Waals surface area contributed by atoms with Gasteiger partial charge in [0.05, 0.1) is 17.1 Å². The molecule has 1 aliphatic rings. The highest BCUT2D eigenvalue weighted by atomic mass is 32.2. The maximum atomic E-state index is 12.5. The lowest BCUT2D eigenvalue weighted by Gasteiger charge is -2.15. The van der Waals surface area contributed by atoms with Gasteiger partial charge in [0.1, 0.15) is 6.33 Å². The van der Waals surface area contributed by atoms with Crippen LogP contribution in [-0.4, -0.2) is 41.7 Å². The van der Waals surface area contributed by atoms with E-state index in [4.69, 9.17) is 0 Å². The van der Waals surface area contributed by atoms with Crippen molar-refractivity contribution in [3.63, 3.8) is 0 Å². The summed E-state index contributed by atoms with van der Waals surface area (Å²) >= 11 is 0. The maximum Gasteiger partial charge on any atom is 0.251 e. The summed E-state index contributed by atoms with van der Waals surface area (Å²) in [6.45, 7) is 3.26. The molecule has 1 fully saturated rings. The Balaban J connectivity index is 1.66. The Labute approximate surface area is 147 Å². The topological polar surface area (TPSA) is 92.3 Å². The van der Waals surface area contributed by atoms with Crippen LogP contribution in [0, 0.1) is 6.92 Å². The molecule has 132 valence electrons. The van der Waals surface area contributed by atoms with Crippen LogP contribution in [0.2, 0.25) is 0 Å². The number of amides is 1. The van der Waals surface area contributed by atoms with E-state index < -0.39 is 10.0 Å². The molecule has 2 aromatic rings. The monoisotopic (exact) mass is 360 g/mol. The zero-order valence-electron chi connectivity index (χ0n) is 14.0. The van der Waals surface area contributed by atoms with E-state index in [9.17, 15) is 13.2 Å². The molecule has 1 N–H and O–H groups in total. The minimum atomic E-state index is -3.46. The van der Waals surface area contributed by atoms with E-state index in [-0.39, 0.29) is 17.3 Å². The highest BCUT2D eigenvalue weighted by Gasteiger charge is 2.27. The lowest BCUT2D eigenvalue weighted by molar-refractivity contribution is 0.0950. The number of nitrogens with zero attached hydrogens (tertiary/aromatic N) is 3. The number of hydrogen-bond acceptors (Lipinski definition) is 5. The van der Waals surface area contributed by atoms with Gasteiger partial charge in [-0.1, -0.05) is 0 Å². The van der Waals surface area contributed by atoms with Crippen LogP contribution in [0.15, 0.2) is 41.6 Å². The van der Waals surface area contributed by atoms with Crippen molar-refractivity contribution in [1.82, 2.24) is 19.6 Å². The number of carbonyl (C=O) groups is 1. The summed E-state index contributed by atoms with van der Waals surface area (Å²) in [5.74, 6) is -0.276. The number of nitrogens with one attached hydrogen (secondary N) is 1. The summed E-state index contributed by atoms with van der Waals surface area (Å²) in [4.78, 5) is 20.5. The minimum Gasteiger partial charge on any atom is -0.346 e. The van der Waals surface area contributed by atoms with Crippen LogP contribution in [-0.2, 0) is 16.6 Å². The Kier molecular flexibility index (Phi) is 5.10. The lowest BCUT2D eigenvalue weighted by atomic mass is 10.2. The van der Waals surface area contributed by atoms with Crippen molar-refractivity contribution >= 4 is 15.9 Å². The maximum absolute atomic E-state index is 12.5. The molecule has 1 aromatic heterocycles. The predicted octanol–water partition coefficient (Wildman–Crippen LogP) is 1.50. The van der Waals surface area contributed by atoms with Crippen LogP contribution in [0.5, 0.6) is 0 Å². The van der Waals surface area contributed by atoms with Crippen LogP contribution in [0.25, 0.3) is 0 Å². The molecule has 3 rings (SSSR count). The Hall–Kier alpha value is -2.32. The van der Waals surface area contributed by atoms with Crippen molar-refractivity contribution in [3.05, 3.63) is 53.6 Å². The number of benzene rings is 1. The second-order valence-electron chi connectivity index (χ2n) is 5.97. The SMILES string of the molecule is Cc1cc(CNC(=O)c2ccc(S(=O)(=O)N3CCCC3)cc2)ncn1. The molecular weight excluding hydrogens is 340 g/mol. The molecule has 0 radical (unpaired) electrons. The smallest absolute Gasteiger partial charge is 0.251 e. The summed E-state index contributed by atoms with van der Waals surface area (Å²) in [5, 5.41) is 2.77. The fraction of sp³-hybridized carbons (Fsp3) is 0.353. The molecule has 2 heterocycles. The molecule has 0 saturated carbocycles. The first kappa shape index (κ1) is 17.5. The number of hydrogen-bond donors (Lipinski definition) is 1. The molecule has 0 unspecified atom stereocenters. The molecule has 7 nitrogen and oxygen atoms in total. The molecule has 8 heteroatoms. The Bertz CT molecular complexity index is 860. The first-order valence-electron chi connectivity index (χ1n) is 8.13. The van der Waals surface area contributed by atoms with E-state index in [2.05, 4.69) is 15.3 Å². The standard InChI is InChI=1S/C17H20N4O3S/c1-13-10-15(20-12-19-13)11-18-17(22)14-4-6-16(7-5-14)25(23,24)21-8-2-3-9-21/h4-7,10,12H,2-3,8-9,11H2,1H3,(H,18,22). The van der Waals surface area contributed by atoms with Gasteiger partial charge in [-0.25, -0.2) is 18.4 Å². The first-order chi connectivity index (χ1) is 12.0. The molecule has 1 saturated heterocycles. The quantitative estimate of drug-likeness (QED) is 0.872. The molecule has 0 atom stereocenters. The molecular formula is C17H20N4O3S. The minimum absolute atomic E-state index is 0.220. The molecule has 0 bridgehead atoms. The summed E-state index contributed by atoms with van der Waals surface area (Å²) in [6, 6.07) is 7.83. The molecule has 1 aliphatic heterocycles. The number of aryl methyl sites for hydroxylation is 1. The normalized spacial score (nSPS) is 15.2. The molecule has 1 aromatic carbocycles. The van der Waals surface area contributed by atoms with Crippen molar-refractivity contribution in [2.75, 3.05) is 13.1 Å². The van der Waals surface area contributed by atoms with Crippen LogP contribution in [0.1, 0.15) is 34.6 Å². The summed E-state index contributed by atoms with van der Waals surface area (Å²) in [6.07, 6.45) is 3.24. The lowest BCUT2D eigenvalue weighted by Crippen LogP contribution is -2.28. The van der Waals surface area contributed by atoms with Crippen LogP contribution in [0.3, 0.4) is 0 Å². The van der Waals surface area contributed by atoms with E-state index in [1.807, 2.05) is 6.92 Å². The van der Waals surface area contributed by atoms with Gasteiger partial charge in [0.2, 0.25) is 10.0 Å². The Morgan fingerprint density at radius 2 is 1.84 bits per heavy atom. The van der Waals surface area contributed by atoms with Crippen molar-refractivity contribution in [2.45, 2.75) is 31.2 Å².